The van der Waals surface area contributed by atoms with E-state index in [0.717, 1.165) is 22.4 Å². The molecule has 110 valence electrons. The number of benzene rings is 1. The lowest BCUT2D eigenvalue weighted by Gasteiger charge is -2.07. The summed E-state index contributed by atoms with van der Waals surface area (Å²) in [4.78, 5) is 19.6. The first-order valence-electron chi connectivity index (χ1n) is 6.76. The van der Waals surface area contributed by atoms with Crippen LogP contribution in [0.1, 0.15) is 12.5 Å². The van der Waals surface area contributed by atoms with Crippen LogP contribution in [-0.2, 0) is 4.79 Å². The van der Waals surface area contributed by atoms with Gasteiger partial charge in [0.2, 0.25) is 11.7 Å². The third kappa shape index (κ3) is 2.85. The van der Waals surface area contributed by atoms with Crippen LogP contribution < -0.4 is 5.32 Å². The molecular weight excluding hydrogens is 280 g/mol. The molecule has 0 aliphatic rings. The first kappa shape index (κ1) is 13.9. The summed E-state index contributed by atoms with van der Waals surface area (Å²) in [6.07, 6.45) is 3.35. The maximum absolute atomic E-state index is 11.2. The molecule has 2 aromatic heterocycles. The summed E-state index contributed by atoms with van der Waals surface area (Å²) in [5.41, 5.74) is 3.28. The number of carbonyl (C=O) groups excluding carboxylic acids is 1. The van der Waals surface area contributed by atoms with E-state index >= 15 is 0 Å². The van der Waals surface area contributed by atoms with Gasteiger partial charge in [0.25, 0.3) is 5.89 Å². The van der Waals surface area contributed by atoms with Gasteiger partial charge in [0, 0.05) is 36.1 Å². The number of nitrogens with one attached hydrogen (secondary N) is 1. The Morgan fingerprint density at radius 3 is 2.64 bits per heavy atom. The fraction of sp³-hybridized carbons (Fsp3) is 0.125. The first-order chi connectivity index (χ1) is 10.6. The molecule has 3 rings (SSSR count). The van der Waals surface area contributed by atoms with Gasteiger partial charge in [-0.1, -0.05) is 11.2 Å². The maximum Gasteiger partial charge on any atom is 0.258 e. The maximum atomic E-state index is 11.2. The highest BCUT2D eigenvalue weighted by atomic mass is 16.5. The van der Waals surface area contributed by atoms with Crippen LogP contribution in [0.25, 0.3) is 22.8 Å². The lowest BCUT2D eigenvalue weighted by Crippen LogP contribution is -2.07. The molecule has 1 amide bonds. The van der Waals surface area contributed by atoms with Gasteiger partial charge in [0.05, 0.1) is 0 Å². The standard InChI is InChI=1S/C16H14N4O2/c1-10-3-4-13(9-14(10)18-11(2)21)16-19-15(20-22-16)12-5-7-17-8-6-12/h3-9H,1-2H3,(H,18,21). The molecule has 0 bridgehead atoms. The van der Waals surface area contributed by atoms with Crippen LogP contribution in [0.3, 0.4) is 0 Å². The minimum atomic E-state index is -0.122. The molecule has 1 N–H and O–H groups in total. The SMILES string of the molecule is CC(=O)Nc1cc(-c2nc(-c3ccncc3)no2)ccc1C. The van der Waals surface area contributed by atoms with E-state index in [-0.39, 0.29) is 5.91 Å². The highest BCUT2D eigenvalue weighted by Crippen LogP contribution is 2.26. The van der Waals surface area contributed by atoms with Gasteiger partial charge in [-0.15, -0.1) is 0 Å². The van der Waals surface area contributed by atoms with Gasteiger partial charge >= 0.3 is 0 Å². The number of rotatable bonds is 3. The molecule has 0 aliphatic carbocycles. The van der Waals surface area contributed by atoms with Crippen molar-refractivity contribution < 1.29 is 9.32 Å². The summed E-state index contributed by atoms with van der Waals surface area (Å²) >= 11 is 0. The molecular formula is C16H14N4O2. The molecule has 0 radical (unpaired) electrons. The Labute approximate surface area is 127 Å². The van der Waals surface area contributed by atoms with Crippen molar-refractivity contribution in [2.24, 2.45) is 0 Å². The molecule has 0 aliphatic heterocycles. The molecule has 0 atom stereocenters. The van der Waals surface area contributed by atoms with Crippen molar-refractivity contribution in [2.45, 2.75) is 13.8 Å². The van der Waals surface area contributed by atoms with Crippen LogP contribution >= 0.6 is 0 Å². The molecule has 0 saturated heterocycles. The Kier molecular flexibility index (Phi) is 3.65. The quantitative estimate of drug-likeness (QED) is 0.803. The number of amides is 1. The zero-order valence-electron chi connectivity index (χ0n) is 12.2. The van der Waals surface area contributed by atoms with Crippen molar-refractivity contribution in [1.82, 2.24) is 15.1 Å². The van der Waals surface area contributed by atoms with Gasteiger partial charge in [-0.3, -0.25) is 9.78 Å². The predicted molar refractivity (Wildman–Crippen MR) is 82.0 cm³/mol. The summed E-state index contributed by atoms with van der Waals surface area (Å²) in [5, 5.41) is 6.76. The third-order valence-corrected chi connectivity index (χ3v) is 3.16. The Balaban J connectivity index is 1.95. The van der Waals surface area contributed by atoms with Crippen LogP contribution in [-0.4, -0.2) is 21.0 Å². The van der Waals surface area contributed by atoms with Crippen molar-refractivity contribution in [3.63, 3.8) is 0 Å². The van der Waals surface area contributed by atoms with Gasteiger partial charge in [-0.05, 0) is 36.8 Å². The van der Waals surface area contributed by atoms with Gasteiger partial charge in [-0.25, -0.2) is 0 Å². The Hall–Kier alpha value is -3.02. The molecule has 0 unspecified atom stereocenters. The minimum absolute atomic E-state index is 0.122. The monoisotopic (exact) mass is 294 g/mol. The van der Waals surface area contributed by atoms with Crippen molar-refractivity contribution in [1.29, 1.82) is 0 Å². The highest BCUT2D eigenvalue weighted by molar-refractivity contribution is 5.90. The Morgan fingerprint density at radius 1 is 1.14 bits per heavy atom. The normalized spacial score (nSPS) is 10.5. The van der Waals surface area contributed by atoms with Crippen LogP contribution in [0.5, 0.6) is 0 Å². The number of nitrogens with zero attached hydrogens (tertiary/aromatic N) is 3. The lowest BCUT2D eigenvalue weighted by molar-refractivity contribution is -0.114. The number of aromatic nitrogens is 3. The molecule has 6 heteroatoms. The molecule has 6 nitrogen and oxygen atoms in total. The fourth-order valence-electron chi connectivity index (χ4n) is 2.04. The molecule has 3 aromatic rings. The van der Waals surface area contributed by atoms with Crippen molar-refractivity contribution in [3.8, 4) is 22.8 Å². The van der Waals surface area contributed by atoms with Gasteiger partial charge in [-0.2, -0.15) is 4.98 Å². The van der Waals surface area contributed by atoms with E-state index < -0.39 is 0 Å². The topological polar surface area (TPSA) is 80.9 Å². The van der Waals surface area contributed by atoms with Crippen LogP contribution in [0, 0.1) is 6.92 Å². The van der Waals surface area contributed by atoms with E-state index in [1.807, 2.05) is 37.3 Å². The first-order valence-corrected chi connectivity index (χ1v) is 6.76. The number of carbonyl (C=O) groups is 1. The Bertz CT molecular complexity index is 812. The number of hydrogen-bond donors (Lipinski definition) is 1. The van der Waals surface area contributed by atoms with Crippen LogP contribution in [0.4, 0.5) is 5.69 Å². The molecule has 0 saturated carbocycles. The summed E-state index contributed by atoms with van der Waals surface area (Å²) < 4.78 is 5.31. The van der Waals surface area contributed by atoms with E-state index in [0.29, 0.717) is 11.7 Å². The second-order valence-corrected chi connectivity index (χ2v) is 4.87. The summed E-state index contributed by atoms with van der Waals surface area (Å²) in [7, 11) is 0. The molecule has 1 aromatic carbocycles. The zero-order valence-corrected chi connectivity index (χ0v) is 12.2. The van der Waals surface area contributed by atoms with Crippen molar-refractivity contribution >= 4 is 11.6 Å². The van der Waals surface area contributed by atoms with E-state index in [1.165, 1.54) is 6.92 Å². The second kappa shape index (κ2) is 5.77. The number of anilines is 1. The highest BCUT2D eigenvalue weighted by Gasteiger charge is 2.12. The minimum Gasteiger partial charge on any atom is -0.334 e. The molecule has 22 heavy (non-hydrogen) atoms. The lowest BCUT2D eigenvalue weighted by atomic mass is 10.1. The largest absolute Gasteiger partial charge is 0.334 e. The van der Waals surface area contributed by atoms with Crippen LogP contribution in [0.15, 0.2) is 47.2 Å². The van der Waals surface area contributed by atoms with E-state index in [4.69, 9.17) is 4.52 Å². The van der Waals surface area contributed by atoms with E-state index in [2.05, 4.69) is 20.4 Å². The fourth-order valence-corrected chi connectivity index (χ4v) is 2.04. The summed E-state index contributed by atoms with van der Waals surface area (Å²) in [5.74, 6) is 0.778. The van der Waals surface area contributed by atoms with Gasteiger partial charge in [0.1, 0.15) is 0 Å². The second-order valence-electron chi connectivity index (χ2n) is 4.87. The number of aryl methyl sites for hydroxylation is 1. The van der Waals surface area contributed by atoms with E-state index in [1.54, 1.807) is 12.4 Å². The Morgan fingerprint density at radius 2 is 1.91 bits per heavy atom. The van der Waals surface area contributed by atoms with Crippen molar-refractivity contribution in [3.05, 3.63) is 48.3 Å². The van der Waals surface area contributed by atoms with Crippen molar-refractivity contribution in [2.75, 3.05) is 5.32 Å². The molecule has 0 fully saturated rings. The number of hydrogen-bond acceptors (Lipinski definition) is 5. The molecule has 2 heterocycles. The summed E-state index contributed by atoms with van der Waals surface area (Å²) in [6.45, 7) is 3.39. The predicted octanol–water partition coefficient (Wildman–Crippen LogP) is 3.07. The third-order valence-electron chi connectivity index (χ3n) is 3.16. The number of pyridine rings is 1. The zero-order chi connectivity index (χ0) is 15.5. The van der Waals surface area contributed by atoms with E-state index in [9.17, 15) is 4.79 Å². The summed E-state index contributed by atoms with van der Waals surface area (Å²) in [6, 6.07) is 9.22. The smallest absolute Gasteiger partial charge is 0.258 e. The molecule has 0 spiro atoms. The van der Waals surface area contributed by atoms with Crippen LogP contribution in [0.2, 0.25) is 0 Å². The average molecular weight is 294 g/mol. The van der Waals surface area contributed by atoms with Gasteiger partial charge in [0.15, 0.2) is 0 Å². The van der Waals surface area contributed by atoms with Gasteiger partial charge < -0.3 is 9.84 Å². The average Bonchev–Trinajstić information content (AvgIpc) is 3.00.